The highest BCUT2D eigenvalue weighted by atomic mass is 35.5. The summed E-state index contributed by atoms with van der Waals surface area (Å²) >= 11 is 5.94. The molecule has 0 bridgehead atoms. The van der Waals surface area contributed by atoms with Crippen LogP contribution in [-0.4, -0.2) is 29.2 Å². The first-order valence-electron chi connectivity index (χ1n) is 5.49. The van der Waals surface area contributed by atoms with Gasteiger partial charge in [0.1, 0.15) is 0 Å². The first-order valence-corrected chi connectivity index (χ1v) is 7.01. The zero-order valence-electron chi connectivity index (χ0n) is 9.08. The molecular weight excluding hydrogens is 259 g/mol. The van der Waals surface area contributed by atoms with Gasteiger partial charge in [0.05, 0.1) is 0 Å². The normalized spacial score (nSPS) is 21.0. The van der Waals surface area contributed by atoms with Gasteiger partial charge in [0.25, 0.3) is 0 Å². The van der Waals surface area contributed by atoms with Crippen LogP contribution in [0.15, 0.2) is 0 Å². The van der Waals surface area contributed by atoms with Crippen LogP contribution in [0.25, 0.3) is 0 Å². The quantitative estimate of drug-likeness (QED) is 0.605. The van der Waals surface area contributed by atoms with Crippen molar-refractivity contribution in [2.24, 2.45) is 0 Å². The molecule has 0 radical (unpaired) electrons. The number of hydrogen-bond acceptors (Lipinski definition) is 2. The molecule has 16 heavy (non-hydrogen) atoms. The first-order chi connectivity index (χ1) is 7.47. The Labute approximate surface area is 103 Å². The minimum atomic E-state index is -4.12. The molecule has 1 aliphatic carbocycles. The van der Waals surface area contributed by atoms with E-state index >= 15 is 0 Å². The minimum absolute atomic E-state index is 0.0258. The highest BCUT2D eigenvalue weighted by molar-refractivity contribution is 8.00. The summed E-state index contributed by atoms with van der Waals surface area (Å²) < 4.78 is 35.7. The van der Waals surface area contributed by atoms with Crippen LogP contribution in [-0.2, 0) is 0 Å². The van der Waals surface area contributed by atoms with Crippen molar-refractivity contribution >= 4 is 23.4 Å². The van der Waals surface area contributed by atoms with Gasteiger partial charge in [0.15, 0.2) is 0 Å². The maximum absolute atomic E-state index is 11.9. The molecule has 96 valence electrons. The highest BCUT2D eigenvalue weighted by Crippen LogP contribution is 2.31. The van der Waals surface area contributed by atoms with Crippen LogP contribution in [0, 0.1) is 0 Å². The monoisotopic (exact) mass is 275 g/mol. The molecule has 1 rings (SSSR count). The molecule has 0 aliphatic heterocycles. The van der Waals surface area contributed by atoms with Crippen LogP contribution in [0.5, 0.6) is 0 Å². The van der Waals surface area contributed by atoms with Crippen molar-refractivity contribution in [2.75, 3.05) is 18.2 Å². The Morgan fingerprint density at radius 1 is 1.19 bits per heavy atom. The van der Waals surface area contributed by atoms with E-state index < -0.39 is 5.51 Å². The molecule has 0 spiro atoms. The van der Waals surface area contributed by atoms with E-state index in [1.54, 1.807) is 0 Å². The summed E-state index contributed by atoms with van der Waals surface area (Å²) in [6.07, 6.45) is 5.40. The van der Waals surface area contributed by atoms with Crippen LogP contribution in [0.3, 0.4) is 0 Å². The second-order valence-corrected chi connectivity index (χ2v) is 5.62. The largest absolute Gasteiger partial charge is 0.441 e. The van der Waals surface area contributed by atoms with Crippen molar-refractivity contribution < 1.29 is 13.2 Å². The molecule has 1 aliphatic rings. The molecule has 0 aromatic carbocycles. The van der Waals surface area contributed by atoms with Crippen LogP contribution >= 0.6 is 23.4 Å². The molecule has 1 N–H and O–H groups in total. The van der Waals surface area contributed by atoms with Gasteiger partial charge in [-0.3, -0.25) is 0 Å². The van der Waals surface area contributed by atoms with Crippen molar-refractivity contribution in [1.29, 1.82) is 0 Å². The van der Waals surface area contributed by atoms with Crippen molar-refractivity contribution in [2.45, 2.75) is 43.2 Å². The third-order valence-corrected chi connectivity index (χ3v) is 4.18. The zero-order chi connectivity index (χ0) is 12.1. The average Bonchev–Trinajstić information content (AvgIpc) is 2.25. The number of thioether (sulfide) groups is 1. The summed E-state index contributed by atoms with van der Waals surface area (Å²) in [7, 11) is 0. The van der Waals surface area contributed by atoms with Gasteiger partial charge in [-0.05, 0) is 24.6 Å². The van der Waals surface area contributed by atoms with Gasteiger partial charge < -0.3 is 5.32 Å². The fourth-order valence-corrected chi connectivity index (χ4v) is 2.87. The van der Waals surface area contributed by atoms with E-state index in [0.717, 1.165) is 25.7 Å². The van der Waals surface area contributed by atoms with E-state index in [0.29, 0.717) is 12.4 Å². The Balaban J connectivity index is 2.23. The zero-order valence-corrected chi connectivity index (χ0v) is 10.6. The fraction of sp³-hybridized carbons (Fsp3) is 1.00. The second-order valence-electron chi connectivity index (χ2n) is 4.20. The molecule has 1 fully saturated rings. The molecule has 0 unspecified atom stereocenters. The van der Waals surface area contributed by atoms with Crippen molar-refractivity contribution in [3.8, 4) is 0 Å². The number of rotatable bonds is 5. The second kappa shape index (κ2) is 6.36. The third-order valence-electron chi connectivity index (χ3n) is 2.93. The Bertz CT molecular complexity index is 205. The van der Waals surface area contributed by atoms with Gasteiger partial charge in [-0.15, -0.1) is 11.6 Å². The lowest BCUT2D eigenvalue weighted by Gasteiger charge is -2.36. The van der Waals surface area contributed by atoms with Gasteiger partial charge in [0.2, 0.25) is 0 Å². The smallest absolute Gasteiger partial charge is 0.309 e. The molecule has 0 aromatic heterocycles. The van der Waals surface area contributed by atoms with E-state index in [-0.39, 0.29) is 23.1 Å². The minimum Gasteiger partial charge on any atom is -0.309 e. The maximum atomic E-state index is 11.9. The summed E-state index contributed by atoms with van der Waals surface area (Å²) in [5, 5.41) is 3.20. The van der Waals surface area contributed by atoms with E-state index in [4.69, 9.17) is 11.6 Å². The Morgan fingerprint density at radius 3 is 2.31 bits per heavy atom. The molecule has 6 heteroatoms. The van der Waals surface area contributed by atoms with Crippen LogP contribution in [0.4, 0.5) is 13.2 Å². The summed E-state index contributed by atoms with van der Waals surface area (Å²) in [4.78, 5) is 0. The predicted octanol–water partition coefficient (Wildman–Crippen LogP) is 3.77. The molecule has 0 saturated heterocycles. The fourth-order valence-electron chi connectivity index (χ4n) is 2.07. The Morgan fingerprint density at radius 2 is 1.81 bits per heavy atom. The predicted molar refractivity (Wildman–Crippen MR) is 63.1 cm³/mol. The van der Waals surface area contributed by atoms with E-state index in [1.165, 1.54) is 6.42 Å². The van der Waals surface area contributed by atoms with Gasteiger partial charge in [-0.25, -0.2) is 0 Å². The lowest BCUT2D eigenvalue weighted by molar-refractivity contribution is -0.0327. The molecule has 0 amide bonds. The van der Waals surface area contributed by atoms with Gasteiger partial charge >= 0.3 is 5.51 Å². The summed E-state index contributed by atoms with van der Waals surface area (Å²) in [6.45, 7) is 0.372. The number of nitrogens with one attached hydrogen (secondary N) is 1. The van der Waals surface area contributed by atoms with E-state index in [1.807, 2.05) is 0 Å². The Kier molecular flexibility index (Phi) is 5.74. The number of hydrogen-bond donors (Lipinski definition) is 1. The van der Waals surface area contributed by atoms with E-state index in [2.05, 4.69) is 5.32 Å². The van der Waals surface area contributed by atoms with Crippen molar-refractivity contribution in [1.82, 2.24) is 5.32 Å². The van der Waals surface area contributed by atoms with Crippen LogP contribution < -0.4 is 5.32 Å². The van der Waals surface area contributed by atoms with Gasteiger partial charge in [-0.1, -0.05) is 19.3 Å². The van der Waals surface area contributed by atoms with E-state index in [9.17, 15) is 13.2 Å². The molecule has 1 saturated carbocycles. The van der Waals surface area contributed by atoms with Gasteiger partial charge in [-0.2, -0.15) is 13.2 Å². The lowest BCUT2D eigenvalue weighted by atomic mass is 9.83. The first kappa shape index (κ1) is 14.5. The molecule has 0 atom stereocenters. The molecule has 1 nitrogen and oxygen atoms in total. The number of alkyl halides is 4. The Hall–Kier alpha value is 0.390. The summed E-state index contributed by atoms with van der Waals surface area (Å²) in [6, 6.07) is 0. The number of halogens is 4. The molecule has 0 aromatic rings. The topological polar surface area (TPSA) is 12.0 Å². The van der Waals surface area contributed by atoms with Crippen molar-refractivity contribution in [3.05, 3.63) is 0 Å². The third kappa shape index (κ3) is 5.15. The SMILES string of the molecule is FC(F)(F)SCCNC1(CCl)CCCCC1. The molecular formula is C10H17ClF3NS. The maximum Gasteiger partial charge on any atom is 0.441 e. The standard InChI is InChI=1S/C10H17ClF3NS/c11-8-9(4-2-1-3-5-9)15-6-7-16-10(12,13)14/h15H,1-8H2. The van der Waals surface area contributed by atoms with Crippen LogP contribution in [0.2, 0.25) is 0 Å². The lowest BCUT2D eigenvalue weighted by Crippen LogP contribution is -2.49. The van der Waals surface area contributed by atoms with Crippen LogP contribution in [0.1, 0.15) is 32.1 Å². The average molecular weight is 276 g/mol. The van der Waals surface area contributed by atoms with Gasteiger partial charge in [0, 0.05) is 23.7 Å². The summed E-state index contributed by atoms with van der Waals surface area (Å²) in [5.74, 6) is 0.547. The highest BCUT2D eigenvalue weighted by Gasteiger charge is 2.31. The summed E-state index contributed by atoms with van der Waals surface area (Å²) in [5.41, 5.74) is -4.24. The molecule has 0 heterocycles. The van der Waals surface area contributed by atoms with Crippen molar-refractivity contribution in [3.63, 3.8) is 0 Å².